The molecule has 0 spiro atoms. The number of benzene rings is 2. The standard InChI is InChI=1S/C17H18ClNO5S/c1-23-16-11-13(9-10-25(18,21)22)7-8-15(16)19-17(20)24-12-14-5-3-2-4-6-14/h2-8,11H,9-10,12H2,1H3,(H,19,20). The molecule has 0 saturated carbocycles. The van der Waals surface area contributed by atoms with Gasteiger partial charge in [0.05, 0.1) is 18.6 Å². The lowest BCUT2D eigenvalue weighted by Crippen LogP contribution is -2.14. The van der Waals surface area contributed by atoms with Crippen LogP contribution in [0.25, 0.3) is 0 Å². The number of aryl methyl sites for hydroxylation is 1. The predicted octanol–water partition coefficient (Wildman–Crippen LogP) is 3.56. The summed E-state index contributed by atoms with van der Waals surface area (Å²) in [6, 6.07) is 14.3. The number of methoxy groups -OCH3 is 1. The Labute approximate surface area is 151 Å². The van der Waals surface area contributed by atoms with Crippen molar-refractivity contribution in [3.8, 4) is 5.75 Å². The van der Waals surface area contributed by atoms with Gasteiger partial charge in [-0.05, 0) is 29.7 Å². The van der Waals surface area contributed by atoms with Gasteiger partial charge in [0.2, 0.25) is 9.05 Å². The van der Waals surface area contributed by atoms with Gasteiger partial charge in [0, 0.05) is 10.7 Å². The molecule has 0 aromatic heterocycles. The molecule has 6 nitrogen and oxygen atoms in total. The van der Waals surface area contributed by atoms with Crippen molar-refractivity contribution in [3.05, 3.63) is 59.7 Å². The van der Waals surface area contributed by atoms with Gasteiger partial charge >= 0.3 is 6.09 Å². The number of amides is 1. The molecule has 0 aliphatic heterocycles. The third-order valence-electron chi connectivity index (χ3n) is 3.35. The molecule has 2 rings (SSSR count). The topological polar surface area (TPSA) is 81.7 Å². The molecule has 0 bridgehead atoms. The lowest BCUT2D eigenvalue weighted by molar-refractivity contribution is 0.155. The average Bonchev–Trinajstić information content (AvgIpc) is 2.59. The number of carbonyl (C=O) groups is 1. The van der Waals surface area contributed by atoms with Crippen LogP contribution in [-0.4, -0.2) is 27.4 Å². The van der Waals surface area contributed by atoms with Crippen LogP contribution in [0.4, 0.5) is 10.5 Å². The summed E-state index contributed by atoms with van der Waals surface area (Å²) in [6.45, 7) is 0.153. The summed E-state index contributed by atoms with van der Waals surface area (Å²) in [4.78, 5) is 11.9. The zero-order valence-electron chi connectivity index (χ0n) is 13.6. The number of ether oxygens (including phenoxy) is 2. The van der Waals surface area contributed by atoms with E-state index in [2.05, 4.69) is 5.32 Å². The van der Waals surface area contributed by atoms with Gasteiger partial charge in [-0.1, -0.05) is 36.4 Å². The van der Waals surface area contributed by atoms with E-state index in [1.54, 1.807) is 18.2 Å². The monoisotopic (exact) mass is 383 g/mol. The molecule has 1 N–H and O–H groups in total. The number of halogens is 1. The zero-order valence-corrected chi connectivity index (χ0v) is 15.1. The molecule has 25 heavy (non-hydrogen) atoms. The molecule has 8 heteroatoms. The second kappa shape index (κ2) is 8.73. The van der Waals surface area contributed by atoms with Gasteiger partial charge in [-0.15, -0.1) is 0 Å². The Kier molecular flexibility index (Phi) is 6.66. The highest BCUT2D eigenvalue weighted by atomic mass is 35.7. The number of carbonyl (C=O) groups excluding carboxylic acids is 1. The van der Waals surface area contributed by atoms with Gasteiger partial charge in [0.25, 0.3) is 0 Å². The van der Waals surface area contributed by atoms with Crippen LogP contribution in [0.3, 0.4) is 0 Å². The Morgan fingerprint density at radius 3 is 2.48 bits per heavy atom. The Morgan fingerprint density at radius 1 is 1.12 bits per heavy atom. The van der Waals surface area contributed by atoms with Gasteiger partial charge in [0.1, 0.15) is 12.4 Å². The molecular formula is C17H18ClNO5S. The third kappa shape index (κ3) is 6.64. The molecule has 1 amide bonds. The van der Waals surface area contributed by atoms with Crippen molar-refractivity contribution < 1.29 is 22.7 Å². The molecule has 0 fully saturated rings. The summed E-state index contributed by atoms with van der Waals surface area (Å²) in [5.41, 5.74) is 2.03. The smallest absolute Gasteiger partial charge is 0.412 e. The van der Waals surface area contributed by atoms with E-state index in [0.717, 1.165) is 11.1 Å². The molecule has 0 heterocycles. The van der Waals surface area contributed by atoms with Crippen LogP contribution in [0.2, 0.25) is 0 Å². The molecule has 0 aliphatic rings. The summed E-state index contributed by atoms with van der Waals surface area (Å²) in [5, 5.41) is 2.60. The maximum atomic E-state index is 11.9. The van der Waals surface area contributed by atoms with E-state index in [4.69, 9.17) is 20.2 Å². The van der Waals surface area contributed by atoms with Crippen LogP contribution in [0.1, 0.15) is 11.1 Å². The summed E-state index contributed by atoms with van der Waals surface area (Å²) in [6.07, 6.45) is -0.362. The van der Waals surface area contributed by atoms with Crippen molar-refractivity contribution in [3.63, 3.8) is 0 Å². The molecule has 0 atom stereocenters. The normalized spacial score (nSPS) is 11.0. The van der Waals surface area contributed by atoms with E-state index in [1.165, 1.54) is 7.11 Å². The molecule has 0 unspecified atom stereocenters. The highest BCUT2D eigenvalue weighted by Gasteiger charge is 2.11. The highest BCUT2D eigenvalue weighted by Crippen LogP contribution is 2.26. The first-order valence-corrected chi connectivity index (χ1v) is 9.92. The third-order valence-corrected chi connectivity index (χ3v) is 4.50. The second-order valence-corrected chi connectivity index (χ2v) is 8.11. The lowest BCUT2D eigenvalue weighted by atomic mass is 10.1. The summed E-state index contributed by atoms with van der Waals surface area (Å²) >= 11 is 0. The van der Waals surface area contributed by atoms with Crippen molar-refractivity contribution in [2.24, 2.45) is 0 Å². The van der Waals surface area contributed by atoms with Crippen LogP contribution in [-0.2, 0) is 26.8 Å². The molecular weight excluding hydrogens is 366 g/mol. The van der Waals surface area contributed by atoms with E-state index < -0.39 is 15.1 Å². The summed E-state index contributed by atoms with van der Waals surface area (Å²) < 4.78 is 32.4. The zero-order chi connectivity index (χ0) is 18.3. The molecule has 0 radical (unpaired) electrons. The molecule has 2 aromatic carbocycles. The Hall–Kier alpha value is -2.25. The predicted molar refractivity (Wildman–Crippen MR) is 96.6 cm³/mol. The van der Waals surface area contributed by atoms with E-state index in [-0.39, 0.29) is 18.8 Å². The van der Waals surface area contributed by atoms with E-state index in [1.807, 2.05) is 30.3 Å². The van der Waals surface area contributed by atoms with E-state index in [9.17, 15) is 13.2 Å². The van der Waals surface area contributed by atoms with Crippen LogP contribution >= 0.6 is 10.7 Å². The van der Waals surface area contributed by atoms with Crippen molar-refractivity contribution >= 4 is 31.5 Å². The maximum absolute atomic E-state index is 11.9. The van der Waals surface area contributed by atoms with Crippen molar-refractivity contribution in [1.29, 1.82) is 0 Å². The Morgan fingerprint density at radius 2 is 1.84 bits per heavy atom. The van der Waals surface area contributed by atoms with Crippen molar-refractivity contribution in [2.75, 3.05) is 18.2 Å². The Bertz CT molecular complexity index is 824. The van der Waals surface area contributed by atoms with Gasteiger partial charge in [0.15, 0.2) is 0 Å². The average molecular weight is 384 g/mol. The fourth-order valence-electron chi connectivity index (χ4n) is 2.10. The first-order valence-electron chi connectivity index (χ1n) is 7.44. The van der Waals surface area contributed by atoms with Gasteiger partial charge < -0.3 is 9.47 Å². The van der Waals surface area contributed by atoms with E-state index in [0.29, 0.717) is 11.4 Å². The number of anilines is 1. The largest absolute Gasteiger partial charge is 0.495 e. The lowest BCUT2D eigenvalue weighted by Gasteiger charge is -2.12. The van der Waals surface area contributed by atoms with Crippen LogP contribution < -0.4 is 10.1 Å². The minimum absolute atomic E-state index is 0.153. The number of hydrogen-bond donors (Lipinski definition) is 1. The minimum atomic E-state index is -3.56. The molecule has 2 aromatic rings. The fourth-order valence-corrected chi connectivity index (χ4v) is 2.81. The molecule has 0 aliphatic carbocycles. The van der Waals surface area contributed by atoms with Crippen molar-refractivity contribution in [1.82, 2.24) is 0 Å². The quantitative estimate of drug-likeness (QED) is 0.739. The molecule has 134 valence electrons. The first-order chi connectivity index (χ1) is 11.9. The van der Waals surface area contributed by atoms with E-state index >= 15 is 0 Å². The number of nitrogens with one attached hydrogen (secondary N) is 1. The SMILES string of the molecule is COc1cc(CCS(=O)(=O)Cl)ccc1NC(=O)OCc1ccccc1. The van der Waals surface area contributed by atoms with Crippen LogP contribution in [0, 0.1) is 0 Å². The minimum Gasteiger partial charge on any atom is -0.495 e. The van der Waals surface area contributed by atoms with Crippen molar-refractivity contribution in [2.45, 2.75) is 13.0 Å². The highest BCUT2D eigenvalue weighted by molar-refractivity contribution is 8.13. The molecule has 0 saturated heterocycles. The summed E-state index contributed by atoms with van der Waals surface area (Å²) in [5.74, 6) is 0.227. The first kappa shape index (κ1) is 19.1. The maximum Gasteiger partial charge on any atom is 0.412 e. The van der Waals surface area contributed by atoms with Crippen LogP contribution in [0.15, 0.2) is 48.5 Å². The second-order valence-electron chi connectivity index (χ2n) is 5.21. The summed E-state index contributed by atoms with van der Waals surface area (Å²) in [7, 11) is 3.10. The number of hydrogen-bond acceptors (Lipinski definition) is 5. The van der Waals surface area contributed by atoms with Gasteiger partial charge in [-0.3, -0.25) is 5.32 Å². The van der Waals surface area contributed by atoms with Crippen LogP contribution in [0.5, 0.6) is 5.75 Å². The Balaban J connectivity index is 1.97. The number of rotatable bonds is 7. The fraction of sp³-hybridized carbons (Fsp3) is 0.235. The van der Waals surface area contributed by atoms with Gasteiger partial charge in [-0.25, -0.2) is 13.2 Å². The van der Waals surface area contributed by atoms with Gasteiger partial charge in [-0.2, -0.15) is 0 Å².